The van der Waals surface area contributed by atoms with Gasteiger partial charge in [-0.3, -0.25) is 14.9 Å². The van der Waals surface area contributed by atoms with E-state index in [1.807, 2.05) is 36.4 Å². The lowest BCUT2D eigenvalue weighted by Crippen LogP contribution is -2.42. The van der Waals surface area contributed by atoms with Crippen LogP contribution in [-0.4, -0.2) is 29.8 Å². The van der Waals surface area contributed by atoms with Crippen LogP contribution < -0.4 is 14.9 Å². The van der Waals surface area contributed by atoms with Crippen molar-refractivity contribution in [1.82, 2.24) is 5.43 Å². The van der Waals surface area contributed by atoms with Crippen LogP contribution >= 0.6 is 0 Å². The molecule has 1 heterocycles. The zero-order chi connectivity index (χ0) is 19.5. The number of nitrogens with zero attached hydrogens (tertiary/aromatic N) is 2. The van der Waals surface area contributed by atoms with Crippen molar-refractivity contribution in [2.75, 3.05) is 6.61 Å². The summed E-state index contributed by atoms with van der Waals surface area (Å²) in [6.07, 6.45) is 0.345. The monoisotopic (exact) mass is 377 g/mol. The van der Waals surface area contributed by atoms with Gasteiger partial charge in [0.05, 0.1) is 16.7 Å². The van der Waals surface area contributed by atoms with Gasteiger partial charge in [0.25, 0.3) is 11.6 Å². The third kappa shape index (κ3) is 3.48. The first-order valence-corrected chi connectivity index (χ1v) is 8.50. The van der Waals surface area contributed by atoms with E-state index in [0.29, 0.717) is 11.5 Å². The van der Waals surface area contributed by atoms with Crippen LogP contribution in [0.2, 0.25) is 0 Å². The molecular weight excluding hydrogens is 362 g/mol. The van der Waals surface area contributed by atoms with Crippen molar-refractivity contribution in [3.63, 3.8) is 0 Å². The van der Waals surface area contributed by atoms with E-state index >= 15 is 0 Å². The van der Waals surface area contributed by atoms with Crippen LogP contribution in [0.25, 0.3) is 10.8 Å². The Labute approximate surface area is 159 Å². The molecule has 4 rings (SSSR count). The smallest absolute Gasteiger partial charge is 0.284 e. The number of nitro groups is 1. The van der Waals surface area contributed by atoms with Crippen molar-refractivity contribution in [1.29, 1.82) is 0 Å². The number of nitrogens with one attached hydrogen (secondary N) is 1. The number of hydrogen-bond donors (Lipinski definition) is 1. The molecule has 1 aliphatic rings. The molecule has 1 atom stereocenters. The van der Waals surface area contributed by atoms with Crippen LogP contribution in [0, 0.1) is 10.1 Å². The number of amides is 1. The molecule has 0 saturated heterocycles. The Bertz CT molecular complexity index is 1100. The summed E-state index contributed by atoms with van der Waals surface area (Å²) in [5.41, 5.74) is 2.52. The second-order valence-electron chi connectivity index (χ2n) is 6.11. The Morgan fingerprint density at radius 2 is 1.79 bits per heavy atom. The Morgan fingerprint density at radius 1 is 1.11 bits per heavy atom. The van der Waals surface area contributed by atoms with Crippen molar-refractivity contribution in [3.8, 4) is 11.5 Å². The van der Waals surface area contributed by atoms with E-state index in [0.717, 1.165) is 10.8 Å². The van der Waals surface area contributed by atoms with Gasteiger partial charge in [0.15, 0.2) is 11.5 Å². The average Bonchev–Trinajstić information content (AvgIpc) is 2.72. The van der Waals surface area contributed by atoms with Gasteiger partial charge in [-0.15, -0.1) is 0 Å². The van der Waals surface area contributed by atoms with Gasteiger partial charge in [-0.1, -0.05) is 36.4 Å². The number of carbonyl (C=O) groups excluding carboxylic acids is 1. The Kier molecular flexibility index (Phi) is 4.59. The number of benzene rings is 3. The summed E-state index contributed by atoms with van der Waals surface area (Å²) in [6.45, 7) is 0.0399. The highest BCUT2D eigenvalue weighted by Crippen LogP contribution is 2.35. The molecule has 0 bridgehead atoms. The number of hydrogen-bond acceptors (Lipinski definition) is 6. The van der Waals surface area contributed by atoms with Crippen molar-refractivity contribution < 1.29 is 19.2 Å². The highest BCUT2D eigenvalue weighted by molar-refractivity contribution is 5.89. The summed E-state index contributed by atoms with van der Waals surface area (Å²) in [5.74, 6) is 0.549. The van der Waals surface area contributed by atoms with Gasteiger partial charge in [0.2, 0.25) is 6.10 Å². The maximum atomic E-state index is 12.3. The SMILES string of the molecule is O=C(N/N=C\c1ccccc1[N+](=O)[O-])[C@@H]1COc2cc3ccccc3cc2O1. The first kappa shape index (κ1) is 17.5. The number of rotatable bonds is 4. The Morgan fingerprint density at radius 3 is 2.54 bits per heavy atom. The van der Waals surface area contributed by atoms with E-state index in [1.165, 1.54) is 18.3 Å². The highest BCUT2D eigenvalue weighted by Gasteiger charge is 2.27. The van der Waals surface area contributed by atoms with E-state index in [2.05, 4.69) is 10.5 Å². The number of fused-ring (bicyclic) bond motifs is 2. The van der Waals surface area contributed by atoms with Gasteiger partial charge < -0.3 is 9.47 Å². The molecule has 0 saturated carbocycles. The van der Waals surface area contributed by atoms with Crippen LogP contribution in [0.4, 0.5) is 5.69 Å². The lowest BCUT2D eigenvalue weighted by Gasteiger charge is -2.25. The summed E-state index contributed by atoms with van der Waals surface area (Å²) in [5, 5.41) is 16.8. The van der Waals surface area contributed by atoms with Gasteiger partial charge in [0, 0.05) is 6.07 Å². The molecule has 1 amide bonds. The van der Waals surface area contributed by atoms with E-state index in [1.54, 1.807) is 12.1 Å². The predicted octanol–water partition coefficient (Wildman–Crippen LogP) is 3.04. The van der Waals surface area contributed by atoms with Crippen LogP contribution in [0.3, 0.4) is 0 Å². The van der Waals surface area contributed by atoms with Crippen molar-refractivity contribution in [2.24, 2.45) is 5.10 Å². The molecule has 0 unspecified atom stereocenters. The molecule has 140 valence electrons. The molecule has 3 aromatic rings. The number of ether oxygens (including phenoxy) is 2. The van der Waals surface area contributed by atoms with Gasteiger partial charge in [-0.05, 0) is 29.0 Å². The van der Waals surface area contributed by atoms with Crippen LogP contribution in [0.1, 0.15) is 5.56 Å². The Hall–Kier alpha value is -3.94. The second-order valence-corrected chi connectivity index (χ2v) is 6.11. The number of hydrazone groups is 1. The lowest BCUT2D eigenvalue weighted by atomic mass is 10.1. The minimum absolute atomic E-state index is 0.0399. The molecule has 3 aromatic carbocycles. The third-order valence-corrected chi connectivity index (χ3v) is 4.28. The van der Waals surface area contributed by atoms with Crippen LogP contribution in [-0.2, 0) is 4.79 Å². The molecule has 0 radical (unpaired) electrons. The lowest BCUT2D eigenvalue weighted by molar-refractivity contribution is -0.385. The normalized spacial score (nSPS) is 15.5. The molecule has 0 aliphatic carbocycles. The third-order valence-electron chi connectivity index (χ3n) is 4.28. The average molecular weight is 377 g/mol. The summed E-state index contributed by atoms with van der Waals surface area (Å²) in [7, 11) is 0. The van der Waals surface area contributed by atoms with E-state index in [4.69, 9.17) is 9.47 Å². The summed E-state index contributed by atoms with van der Waals surface area (Å²) in [4.78, 5) is 22.8. The summed E-state index contributed by atoms with van der Waals surface area (Å²) in [6, 6.07) is 17.6. The molecule has 0 spiro atoms. The largest absolute Gasteiger partial charge is 0.485 e. The van der Waals surface area contributed by atoms with E-state index in [-0.39, 0.29) is 17.9 Å². The van der Waals surface area contributed by atoms with Crippen LogP contribution in [0.5, 0.6) is 11.5 Å². The molecule has 0 fully saturated rings. The van der Waals surface area contributed by atoms with Crippen molar-refractivity contribution >= 4 is 28.6 Å². The van der Waals surface area contributed by atoms with Gasteiger partial charge in [-0.25, -0.2) is 5.43 Å². The zero-order valence-corrected chi connectivity index (χ0v) is 14.6. The van der Waals surface area contributed by atoms with Crippen molar-refractivity contribution in [3.05, 3.63) is 76.3 Å². The van der Waals surface area contributed by atoms with Crippen LogP contribution in [0.15, 0.2) is 65.8 Å². The summed E-state index contributed by atoms with van der Waals surface area (Å²) >= 11 is 0. The molecule has 28 heavy (non-hydrogen) atoms. The molecule has 1 N–H and O–H groups in total. The van der Waals surface area contributed by atoms with Gasteiger partial charge >= 0.3 is 0 Å². The molecule has 8 heteroatoms. The fourth-order valence-corrected chi connectivity index (χ4v) is 2.89. The maximum absolute atomic E-state index is 12.3. The fraction of sp³-hybridized carbons (Fsp3) is 0.100. The second kappa shape index (κ2) is 7.36. The minimum Gasteiger partial charge on any atom is -0.485 e. The molecule has 1 aliphatic heterocycles. The first-order chi connectivity index (χ1) is 13.6. The first-order valence-electron chi connectivity index (χ1n) is 8.50. The number of nitro benzene ring substituents is 1. The summed E-state index contributed by atoms with van der Waals surface area (Å²) < 4.78 is 11.4. The fourth-order valence-electron chi connectivity index (χ4n) is 2.89. The number of para-hydroxylation sites is 1. The van der Waals surface area contributed by atoms with E-state index in [9.17, 15) is 14.9 Å². The van der Waals surface area contributed by atoms with E-state index < -0.39 is 16.9 Å². The van der Waals surface area contributed by atoms with Crippen molar-refractivity contribution in [2.45, 2.75) is 6.10 Å². The van der Waals surface area contributed by atoms with Gasteiger partial charge in [0.1, 0.15) is 6.61 Å². The number of carbonyl (C=O) groups is 1. The quantitative estimate of drug-likeness (QED) is 0.428. The standard InChI is InChI=1S/C20H15N3O5/c24-20(22-21-11-15-7-3-4-8-16(15)23(25)26)19-12-27-17-9-13-5-1-2-6-14(13)10-18(17)28-19/h1-11,19H,12H2,(H,22,24)/b21-11-/t19-/m0/s1. The highest BCUT2D eigenvalue weighted by atomic mass is 16.6. The minimum atomic E-state index is -0.878. The van der Waals surface area contributed by atoms with Gasteiger partial charge in [-0.2, -0.15) is 5.10 Å². The predicted molar refractivity (Wildman–Crippen MR) is 103 cm³/mol. The Balaban J connectivity index is 1.45. The topological polar surface area (TPSA) is 103 Å². The molecule has 0 aromatic heterocycles. The molecular formula is C20H15N3O5. The maximum Gasteiger partial charge on any atom is 0.284 e. The zero-order valence-electron chi connectivity index (χ0n) is 14.6. The molecule has 8 nitrogen and oxygen atoms in total.